The summed E-state index contributed by atoms with van der Waals surface area (Å²) < 4.78 is 0. The summed E-state index contributed by atoms with van der Waals surface area (Å²) in [5.41, 5.74) is 3.51. The van der Waals surface area contributed by atoms with Crippen molar-refractivity contribution in [3.8, 4) is 6.07 Å². The van der Waals surface area contributed by atoms with Gasteiger partial charge in [-0.2, -0.15) is 5.26 Å². The molecule has 4 rings (SSSR count). The number of nitrogens with zero attached hydrogens (tertiary/aromatic N) is 1. The van der Waals surface area contributed by atoms with Crippen LogP contribution in [0.2, 0.25) is 0 Å². The predicted molar refractivity (Wildman–Crippen MR) is 99.9 cm³/mol. The van der Waals surface area contributed by atoms with Crippen LogP contribution >= 0.6 is 11.3 Å². The molecule has 2 nitrogen and oxygen atoms in total. The predicted octanol–water partition coefficient (Wildman–Crippen LogP) is 5.20. The Labute approximate surface area is 151 Å². The summed E-state index contributed by atoms with van der Waals surface area (Å²) in [5, 5.41) is 11.2. The average molecular weight is 343 g/mol. The molecule has 122 valence electrons. The summed E-state index contributed by atoms with van der Waals surface area (Å²) in [6.07, 6.45) is 0.699. The molecule has 1 aromatic heterocycles. The third-order valence-electron chi connectivity index (χ3n) is 5.18. The first-order chi connectivity index (χ1) is 12.1. The van der Waals surface area contributed by atoms with Gasteiger partial charge in [0.1, 0.15) is 0 Å². The molecule has 1 aliphatic carbocycles. The van der Waals surface area contributed by atoms with E-state index in [2.05, 4.69) is 25.1 Å². The van der Waals surface area contributed by atoms with Crippen LogP contribution in [0.15, 0.2) is 66.0 Å². The Balaban J connectivity index is 1.90. The zero-order valence-corrected chi connectivity index (χ0v) is 14.7. The van der Waals surface area contributed by atoms with Crippen molar-refractivity contribution in [3.05, 3.63) is 93.2 Å². The lowest BCUT2D eigenvalue weighted by atomic mass is 9.71. The van der Waals surface area contributed by atoms with Gasteiger partial charge in [0, 0.05) is 11.3 Å². The fourth-order valence-corrected chi connectivity index (χ4v) is 4.83. The molecule has 0 fully saturated rings. The number of fused-ring (bicyclic) bond motifs is 1. The second-order valence-electron chi connectivity index (χ2n) is 6.77. The SMILES string of the molecule is CC1(C(=O)c2cccs2)Cc2ccc(C#N)cc2[C@@H]1c1ccccc1. The zero-order valence-electron chi connectivity index (χ0n) is 13.9. The van der Waals surface area contributed by atoms with Gasteiger partial charge >= 0.3 is 0 Å². The minimum absolute atomic E-state index is 0.0356. The van der Waals surface area contributed by atoms with Crippen molar-refractivity contribution < 1.29 is 4.79 Å². The summed E-state index contributed by atoms with van der Waals surface area (Å²) in [4.78, 5) is 14.2. The average Bonchev–Trinajstić information content (AvgIpc) is 3.27. The quantitative estimate of drug-likeness (QED) is 0.614. The molecule has 3 heteroatoms. The van der Waals surface area contributed by atoms with Crippen LogP contribution in [0.5, 0.6) is 0 Å². The zero-order chi connectivity index (χ0) is 17.4. The van der Waals surface area contributed by atoms with Crippen molar-refractivity contribution in [2.24, 2.45) is 5.41 Å². The van der Waals surface area contributed by atoms with Crippen molar-refractivity contribution >= 4 is 17.1 Å². The summed E-state index contributed by atoms with van der Waals surface area (Å²) in [6, 6.07) is 22.1. The first-order valence-corrected chi connectivity index (χ1v) is 9.17. The van der Waals surface area contributed by atoms with E-state index in [-0.39, 0.29) is 11.7 Å². The van der Waals surface area contributed by atoms with E-state index in [9.17, 15) is 10.1 Å². The Hall–Kier alpha value is -2.70. The van der Waals surface area contributed by atoms with Gasteiger partial charge in [0.25, 0.3) is 0 Å². The van der Waals surface area contributed by atoms with Gasteiger partial charge in [0.2, 0.25) is 0 Å². The maximum absolute atomic E-state index is 13.4. The smallest absolute Gasteiger partial charge is 0.179 e. The number of hydrogen-bond acceptors (Lipinski definition) is 3. The fraction of sp³-hybridized carbons (Fsp3) is 0.182. The second-order valence-corrected chi connectivity index (χ2v) is 7.72. The highest BCUT2D eigenvalue weighted by atomic mass is 32.1. The van der Waals surface area contributed by atoms with Gasteiger partial charge in [-0.1, -0.05) is 49.4 Å². The molecule has 0 spiro atoms. The maximum atomic E-state index is 13.4. The van der Waals surface area contributed by atoms with Gasteiger partial charge in [0.05, 0.1) is 16.5 Å². The molecule has 0 radical (unpaired) electrons. The van der Waals surface area contributed by atoms with Crippen LogP contribution in [0.25, 0.3) is 0 Å². The fourth-order valence-electron chi connectivity index (χ4n) is 4.03. The summed E-state index contributed by atoms with van der Waals surface area (Å²) in [7, 11) is 0. The molecule has 0 bridgehead atoms. The molecule has 1 heterocycles. The molecule has 0 saturated carbocycles. The lowest BCUT2D eigenvalue weighted by Crippen LogP contribution is -2.32. The van der Waals surface area contributed by atoms with Crippen molar-refractivity contribution in [2.75, 3.05) is 0 Å². The molecule has 2 atom stereocenters. The van der Waals surface area contributed by atoms with Crippen LogP contribution in [0, 0.1) is 16.7 Å². The first-order valence-electron chi connectivity index (χ1n) is 8.29. The molecule has 25 heavy (non-hydrogen) atoms. The number of thiophene rings is 1. The normalized spacial score (nSPS) is 21.5. The van der Waals surface area contributed by atoms with Gasteiger partial charge in [-0.3, -0.25) is 4.79 Å². The maximum Gasteiger partial charge on any atom is 0.179 e. The number of hydrogen-bond donors (Lipinski definition) is 0. The Kier molecular flexibility index (Phi) is 3.78. The molecule has 0 N–H and O–H groups in total. The molecular formula is C22H17NOS. The number of rotatable bonds is 3. The van der Waals surface area contributed by atoms with Crippen molar-refractivity contribution in [1.82, 2.24) is 0 Å². The Bertz CT molecular complexity index is 969. The summed E-state index contributed by atoms with van der Waals surface area (Å²) >= 11 is 1.50. The van der Waals surface area contributed by atoms with E-state index in [1.807, 2.05) is 53.9 Å². The van der Waals surface area contributed by atoms with E-state index in [1.165, 1.54) is 16.9 Å². The molecule has 0 saturated heterocycles. The van der Waals surface area contributed by atoms with Crippen molar-refractivity contribution in [1.29, 1.82) is 5.26 Å². The van der Waals surface area contributed by atoms with Crippen LogP contribution in [0.3, 0.4) is 0 Å². The van der Waals surface area contributed by atoms with Gasteiger partial charge < -0.3 is 0 Å². The molecule has 2 aromatic carbocycles. The van der Waals surface area contributed by atoms with Gasteiger partial charge in [0.15, 0.2) is 5.78 Å². The Morgan fingerprint density at radius 3 is 2.64 bits per heavy atom. The van der Waals surface area contributed by atoms with E-state index in [0.29, 0.717) is 12.0 Å². The monoisotopic (exact) mass is 343 g/mol. The van der Waals surface area contributed by atoms with E-state index >= 15 is 0 Å². The van der Waals surface area contributed by atoms with Gasteiger partial charge in [-0.25, -0.2) is 0 Å². The number of ketones is 1. The van der Waals surface area contributed by atoms with Crippen molar-refractivity contribution in [3.63, 3.8) is 0 Å². The lowest BCUT2D eigenvalue weighted by Gasteiger charge is -2.30. The third kappa shape index (κ3) is 2.50. The number of carbonyl (C=O) groups excluding carboxylic acids is 1. The minimum atomic E-state index is -0.539. The highest BCUT2D eigenvalue weighted by molar-refractivity contribution is 7.12. The minimum Gasteiger partial charge on any atom is -0.293 e. The highest BCUT2D eigenvalue weighted by Gasteiger charge is 2.49. The van der Waals surface area contributed by atoms with E-state index in [1.54, 1.807) is 0 Å². The number of benzene rings is 2. The standard InChI is InChI=1S/C22H17NOS/c1-22(21(24)19-8-5-11-25-19)13-17-10-9-15(14-23)12-18(17)20(22)16-6-3-2-4-7-16/h2-12,20H,13H2,1H3/t20-,22?/m0/s1. The van der Waals surface area contributed by atoms with E-state index in [4.69, 9.17) is 0 Å². The largest absolute Gasteiger partial charge is 0.293 e. The van der Waals surface area contributed by atoms with Crippen LogP contribution in [0.4, 0.5) is 0 Å². The van der Waals surface area contributed by atoms with Crippen LogP contribution in [-0.4, -0.2) is 5.78 Å². The number of Topliss-reactive ketones (excluding diaryl/α,β-unsaturated/α-hetero) is 1. The molecule has 1 aliphatic rings. The topological polar surface area (TPSA) is 40.9 Å². The Morgan fingerprint density at radius 1 is 1.16 bits per heavy atom. The van der Waals surface area contributed by atoms with Gasteiger partial charge in [-0.15, -0.1) is 11.3 Å². The van der Waals surface area contributed by atoms with E-state index in [0.717, 1.165) is 16.0 Å². The van der Waals surface area contributed by atoms with E-state index < -0.39 is 5.41 Å². The summed E-state index contributed by atoms with van der Waals surface area (Å²) in [5.74, 6) is 0.151. The van der Waals surface area contributed by atoms with Crippen LogP contribution in [0.1, 0.15) is 44.8 Å². The lowest BCUT2D eigenvalue weighted by molar-refractivity contribution is 0.0811. The van der Waals surface area contributed by atoms with Crippen molar-refractivity contribution in [2.45, 2.75) is 19.3 Å². The third-order valence-corrected chi connectivity index (χ3v) is 6.05. The number of nitriles is 1. The molecule has 0 aliphatic heterocycles. The molecule has 3 aromatic rings. The van der Waals surface area contributed by atoms with Crippen LogP contribution in [-0.2, 0) is 6.42 Å². The molecule has 1 unspecified atom stereocenters. The highest BCUT2D eigenvalue weighted by Crippen LogP contribution is 2.52. The van der Waals surface area contributed by atoms with Crippen LogP contribution < -0.4 is 0 Å². The van der Waals surface area contributed by atoms with Gasteiger partial charge in [-0.05, 0) is 46.7 Å². The second kappa shape index (κ2) is 5.98. The molecule has 0 amide bonds. The summed E-state index contributed by atoms with van der Waals surface area (Å²) in [6.45, 7) is 2.07. The molecular weight excluding hydrogens is 326 g/mol. The Morgan fingerprint density at radius 2 is 1.96 bits per heavy atom. The first kappa shape index (κ1) is 15.8. The number of carbonyl (C=O) groups is 1.